The number of hydrogen-bond donors (Lipinski definition) is 2. The summed E-state index contributed by atoms with van der Waals surface area (Å²) in [6, 6.07) is 13.8. The molecule has 0 spiro atoms. The third-order valence-electron chi connectivity index (χ3n) is 13.1. The fraction of sp³-hybridized carbons (Fsp3) is 0.512. The molecule has 0 aromatic heterocycles. The van der Waals surface area contributed by atoms with Gasteiger partial charge < -0.3 is 20.1 Å². The lowest BCUT2D eigenvalue weighted by atomic mass is 9.28. The van der Waals surface area contributed by atoms with E-state index in [0.29, 0.717) is 19.4 Å². The number of aliphatic hydroxyl groups is 1. The minimum absolute atomic E-state index is 0.0104. The van der Waals surface area contributed by atoms with E-state index in [1.807, 2.05) is 68.5 Å². The molecule has 2 aromatic rings. The average Bonchev–Trinajstić information content (AvgIpc) is 3.37. The second kappa shape index (κ2) is 12.9. The Morgan fingerprint density at radius 3 is 2.60 bits per heavy atom. The van der Waals surface area contributed by atoms with Gasteiger partial charge in [-0.25, -0.2) is 0 Å². The van der Waals surface area contributed by atoms with Crippen LogP contribution in [-0.2, 0) is 25.6 Å². The highest BCUT2D eigenvalue weighted by molar-refractivity contribution is 9.10. The number of nitrogens with one attached hydrogen (secondary N) is 1. The topological polar surface area (TPSA) is 113 Å². The molecule has 7 rings (SSSR count). The number of rotatable bonds is 10. The summed E-state index contributed by atoms with van der Waals surface area (Å²) < 4.78 is 6.96. The number of Topliss-reactive ketones (excluding diaryl/α,β-unsaturated/α-hetero) is 2. The number of hydrogen-bond acceptors (Lipinski definition) is 6. The number of carbonyl (C=O) groups is 4. The lowest BCUT2D eigenvalue weighted by Gasteiger charge is -2.74. The van der Waals surface area contributed by atoms with Gasteiger partial charge in [-0.15, -0.1) is 0 Å². The number of nitrogens with zero attached hydrogens (tertiary/aromatic N) is 1. The van der Waals surface area contributed by atoms with E-state index in [-0.39, 0.29) is 60.0 Å². The molecule has 1 saturated heterocycles. The highest BCUT2D eigenvalue weighted by Gasteiger charge is 2.85. The molecule has 3 aliphatic carbocycles. The molecule has 50 heavy (non-hydrogen) atoms. The Hall–Kier alpha value is -3.56. The Bertz CT molecular complexity index is 1820. The van der Waals surface area contributed by atoms with Crippen LogP contribution in [-0.4, -0.2) is 64.7 Å². The normalized spacial score (nSPS) is 33.2. The Morgan fingerprint density at radius 1 is 1.12 bits per heavy atom. The molecule has 2 aliphatic heterocycles. The number of amides is 2. The molecule has 9 heteroatoms. The van der Waals surface area contributed by atoms with Gasteiger partial charge in [-0.1, -0.05) is 90.8 Å². The Morgan fingerprint density at radius 2 is 1.86 bits per heavy atom. The molecule has 4 fully saturated rings. The summed E-state index contributed by atoms with van der Waals surface area (Å²) in [4.78, 5) is 57.8. The standard InChI is InChI=1S/C41H47BrN2O6/c1-24(15-16-25-10-5-7-13-30(25)42)18-33(46)31(19-26-11-9-17-50-34-14-8-6-12-28(26)34)43-37(48)32-20-27(45)22-44(32)38(49)35-29-21-39(2)23-40(3,36(35)47)41(29,39)4/h5-8,10-15,27,29,31-32,35,45H,9,16-23H2,1-4H3,(H,43,48)/t27-,29?,31?,32?,35?,39-,40?,41?/m1/s1. The lowest BCUT2D eigenvalue weighted by molar-refractivity contribution is -0.270. The number of para-hydroxylation sites is 1. The number of aliphatic hydroxyl groups excluding tert-OH is 1. The van der Waals surface area contributed by atoms with E-state index in [1.165, 1.54) is 4.90 Å². The van der Waals surface area contributed by atoms with Gasteiger partial charge in [0.25, 0.3) is 0 Å². The summed E-state index contributed by atoms with van der Waals surface area (Å²) in [5.41, 5.74) is 3.10. The van der Waals surface area contributed by atoms with Crippen molar-refractivity contribution < 1.29 is 29.0 Å². The second-order valence-electron chi connectivity index (χ2n) is 15.9. The number of fused-ring (bicyclic) bond motifs is 1. The summed E-state index contributed by atoms with van der Waals surface area (Å²) >= 11 is 3.60. The fourth-order valence-electron chi connectivity index (χ4n) is 10.2. The van der Waals surface area contributed by atoms with E-state index in [1.54, 1.807) is 0 Å². The maximum atomic E-state index is 14.2. The number of ketones is 2. The van der Waals surface area contributed by atoms with Crippen LogP contribution in [0.4, 0.5) is 0 Å². The van der Waals surface area contributed by atoms with Crippen molar-refractivity contribution in [2.45, 2.75) is 90.8 Å². The molecular weight excluding hydrogens is 696 g/mol. The first kappa shape index (κ1) is 34.9. The molecule has 3 saturated carbocycles. The zero-order valence-electron chi connectivity index (χ0n) is 29.3. The van der Waals surface area contributed by atoms with Gasteiger partial charge in [0.1, 0.15) is 17.7 Å². The van der Waals surface area contributed by atoms with E-state index in [9.17, 15) is 24.3 Å². The van der Waals surface area contributed by atoms with Crippen molar-refractivity contribution in [1.82, 2.24) is 10.2 Å². The summed E-state index contributed by atoms with van der Waals surface area (Å²) in [7, 11) is 0. The molecule has 2 heterocycles. The number of halogens is 1. The van der Waals surface area contributed by atoms with Gasteiger partial charge in [0.05, 0.1) is 18.8 Å². The molecule has 264 valence electrons. The van der Waals surface area contributed by atoms with E-state index >= 15 is 0 Å². The number of likely N-dealkylation sites (tertiary alicyclic amines) is 1. The van der Waals surface area contributed by atoms with Crippen molar-refractivity contribution >= 4 is 44.9 Å². The minimum Gasteiger partial charge on any atom is -0.493 e. The second-order valence-corrected chi connectivity index (χ2v) is 16.8. The van der Waals surface area contributed by atoms with Crippen molar-refractivity contribution in [2.75, 3.05) is 13.2 Å². The molecule has 0 bridgehead atoms. The highest BCUT2D eigenvalue weighted by atomic mass is 79.9. The largest absolute Gasteiger partial charge is 0.493 e. The third-order valence-corrected chi connectivity index (χ3v) is 13.9. The molecule has 2 aromatic carbocycles. The van der Waals surface area contributed by atoms with Gasteiger partial charge in [-0.05, 0) is 66.2 Å². The van der Waals surface area contributed by atoms with E-state index in [2.05, 4.69) is 41.2 Å². The van der Waals surface area contributed by atoms with Crippen molar-refractivity contribution in [2.24, 2.45) is 28.1 Å². The third kappa shape index (κ3) is 5.50. The first-order valence-corrected chi connectivity index (χ1v) is 18.7. The number of benzene rings is 2. The fourth-order valence-corrected chi connectivity index (χ4v) is 10.7. The summed E-state index contributed by atoms with van der Waals surface area (Å²) in [5.74, 6) is -1.13. The maximum Gasteiger partial charge on any atom is 0.243 e. The minimum atomic E-state index is -0.975. The zero-order chi connectivity index (χ0) is 35.6. The molecule has 6 unspecified atom stereocenters. The van der Waals surface area contributed by atoms with Crippen LogP contribution >= 0.6 is 15.9 Å². The Kier molecular flexibility index (Phi) is 8.99. The summed E-state index contributed by atoms with van der Waals surface area (Å²) in [6.45, 7) is 8.78. The maximum absolute atomic E-state index is 14.2. The first-order valence-electron chi connectivity index (χ1n) is 17.9. The number of allylic oxidation sites excluding steroid dienone is 2. The van der Waals surface area contributed by atoms with Crippen LogP contribution in [0.25, 0.3) is 5.57 Å². The Labute approximate surface area is 302 Å². The van der Waals surface area contributed by atoms with Gasteiger partial charge >= 0.3 is 0 Å². The highest BCUT2D eigenvalue weighted by Crippen LogP contribution is 2.86. The zero-order valence-corrected chi connectivity index (χ0v) is 30.9. The van der Waals surface area contributed by atoms with Crippen molar-refractivity contribution in [3.05, 3.63) is 81.9 Å². The predicted molar refractivity (Wildman–Crippen MR) is 194 cm³/mol. The van der Waals surface area contributed by atoms with Gasteiger partial charge in [0.15, 0.2) is 11.6 Å². The number of carbonyl (C=O) groups excluding carboxylic acids is 4. The van der Waals surface area contributed by atoms with Crippen molar-refractivity contribution in [3.63, 3.8) is 0 Å². The number of ether oxygens (including phenoxy) is 1. The molecule has 8 nitrogen and oxygen atoms in total. The van der Waals surface area contributed by atoms with E-state index in [0.717, 1.165) is 45.3 Å². The molecular formula is C41H47BrN2O6. The van der Waals surface area contributed by atoms with Crippen LogP contribution in [0, 0.1) is 28.1 Å². The van der Waals surface area contributed by atoms with Crippen LogP contribution in [0.1, 0.15) is 77.3 Å². The monoisotopic (exact) mass is 742 g/mol. The molecule has 0 radical (unpaired) electrons. The smallest absolute Gasteiger partial charge is 0.243 e. The summed E-state index contributed by atoms with van der Waals surface area (Å²) in [5, 5.41) is 13.8. The van der Waals surface area contributed by atoms with Crippen molar-refractivity contribution in [3.8, 4) is 5.75 Å². The van der Waals surface area contributed by atoms with Gasteiger partial charge in [-0.3, -0.25) is 19.2 Å². The van der Waals surface area contributed by atoms with Crippen LogP contribution < -0.4 is 10.1 Å². The van der Waals surface area contributed by atoms with E-state index in [4.69, 9.17) is 4.74 Å². The first-order chi connectivity index (χ1) is 23.8. The van der Waals surface area contributed by atoms with Crippen LogP contribution in [0.3, 0.4) is 0 Å². The van der Waals surface area contributed by atoms with Crippen LogP contribution in [0.15, 0.2) is 70.7 Å². The molecule has 2 N–H and O–H groups in total. The van der Waals surface area contributed by atoms with Gasteiger partial charge in [-0.2, -0.15) is 0 Å². The Balaban J connectivity index is 1.12. The molecule has 8 atom stereocenters. The van der Waals surface area contributed by atoms with Gasteiger partial charge in [0.2, 0.25) is 11.8 Å². The van der Waals surface area contributed by atoms with Gasteiger partial charge in [0, 0.05) is 47.7 Å². The summed E-state index contributed by atoms with van der Waals surface area (Å²) in [6.07, 6.45) is 6.58. The van der Waals surface area contributed by atoms with Crippen molar-refractivity contribution in [1.29, 1.82) is 0 Å². The quantitative estimate of drug-likeness (QED) is 0.220. The average molecular weight is 744 g/mol. The van der Waals surface area contributed by atoms with Crippen LogP contribution in [0.2, 0.25) is 0 Å². The number of β-amino-alcohol motifs (C(OH)–C–C–N with tert-alkyl or cyclic N) is 1. The molecule has 5 aliphatic rings. The lowest BCUT2D eigenvalue weighted by Crippen LogP contribution is -2.70. The van der Waals surface area contributed by atoms with E-state index < -0.39 is 35.4 Å². The SMILES string of the molecule is CC(=CCc1ccccc1Br)CC(=O)C(CC1=CCCOc2ccccc21)NC(=O)C1C[C@@H](O)CN1C(=O)C1C(=O)C2(C)C[C@@]3(C)CC1C23C. The molecule has 2 amide bonds. The predicted octanol–water partition coefficient (Wildman–Crippen LogP) is 6.24. The van der Waals surface area contributed by atoms with Crippen LogP contribution in [0.5, 0.6) is 5.75 Å².